The van der Waals surface area contributed by atoms with E-state index in [-0.39, 0.29) is 29.6 Å². The van der Waals surface area contributed by atoms with Gasteiger partial charge < -0.3 is 24.3 Å². The smallest absolute Gasteiger partial charge is 0.345 e. The lowest BCUT2D eigenvalue weighted by molar-refractivity contribution is -0.385. The lowest BCUT2D eigenvalue weighted by Crippen LogP contribution is -2.25. The lowest BCUT2D eigenvalue weighted by Gasteiger charge is -2.12. The summed E-state index contributed by atoms with van der Waals surface area (Å²) in [6, 6.07) is 9.07. The number of methoxy groups -OCH3 is 3. The van der Waals surface area contributed by atoms with Crippen LogP contribution in [-0.4, -0.2) is 51.3 Å². The Morgan fingerprint density at radius 2 is 1.83 bits per heavy atom. The topological polar surface area (TPSA) is 126 Å². The van der Waals surface area contributed by atoms with Crippen molar-refractivity contribution < 1.29 is 33.5 Å². The summed E-state index contributed by atoms with van der Waals surface area (Å²) < 4.78 is 20.4. The average Bonchev–Trinajstić information content (AvgIpc) is 2.77. The predicted octanol–water partition coefficient (Wildman–Crippen LogP) is 2.60. The third-order valence-corrected chi connectivity index (χ3v) is 4.08. The average molecular weight is 418 g/mol. The van der Waals surface area contributed by atoms with Gasteiger partial charge in [0.25, 0.3) is 11.6 Å². The predicted molar refractivity (Wildman–Crippen MR) is 106 cm³/mol. The van der Waals surface area contributed by atoms with Crippen molar-refractivity contribution >= 4 is 17.6 Å². The third kappa shape index (κ3) is 5.60. The number of carbonyl (C=O) groups is 2. The Kier molecular flexibility index (Phi) is 7.98. The van der Waals surface area contributed by atoms with E-state index in [1.807, 2.05) is 0 Å². The van der Waals surface area contributed by atoms with Gasteiger partial charge in [0.1, 0.15) is 11.3 Å². The Labute approximate surface area is 172 Å². The molecule has 160 valence electrons. The van der Waals surface area contributed by atoms with Gasteiger partial charge in [-0.3, -0.25) is 14.9 Å². The first kappa shape index (κ1) is 22.5. The van der Waals surface area contributed by atoms with Crippen LogP contribution in [0.2, 0.25) is 0 Å². The van der Waals surface area contributed by atoms with Gasteiger partial charge in [0.2, 0.25) is 0 Å². The molecule has 0 unspecified atom stereocenters. The number of rotatable bonds is 10. The molecule has 0 bridgehead atoms. The zero-order chi connectivity index (χ0) is 22.1. The van der Waals surface area contributed by atoms with Crippen LogP contribution in [0.4, 0.5) is 5.69 Å². The molecule has 0 aliphatic rings. The molecule has 0 heterocycles. The van der Waals surface area contributed by atoms with Crippen LogP contribution >= 0.6 is 0 Å². The highest BCUT2D eigenvalue weighted by molar-refractivity contribution is 5.95. The van der Waals surface area contributed by atoms with Crippen molar-refractivity contribution in [2.75, 3.05) is 34.5 Å². The SMILES string of the molecule is COC(=O)c1cc(OCCCNC(=O)c2cccc(OC)c2)c(OC)cc1[N+](=O)[O-]. The zero-order valence-electron chi connectivity index (χ0n) is 16.8. The molecule has 0 saturated heterocycles. The van der Waals surface area contributed by atoms with E-state index >= 15 is 0 Å². The monoisotopic (exact) mass is 418 g/mol. The van der Waals surface area contributed by atoms with Gasteiger partial charge in [0.15, 0.2) is 11.5 Å². The van der Waals surface area contributed by atoms with Crippen molar-refractivity contribution in [2.24, 2.45) is 0 Å². The largest absolute Gasteiger partial charge is 0.497 e. The van der Waals surface area contributed by atoms with E-state index in [0.29, 0.717) is 24.3 Å². The Morgan fingerprint density at radius 1 is 1.07 bits per heavy atom. The summed E-state index contributed by atoms with van der Waals surface area (Å²) in [6.07, 6.45) is 0.448. The molecule has 2 aromatic carbocycles. The van der Waals surface area contributed by atoms with Crippen LogP contribution in [0.15, 0.2) is 36.4 Å². The van der Waals surface area contributed by atoms with Crippen LogP contribution in [-0.2, 0) is 4.74 Å². The molecule has 1 N–H and O–H groups in total. The summed E-state index contributed by atoms with van der Waals surface area (Å²) in [5, 5.41) is 14.0. The molecule has 10 heteroatoms. The number of hydrogen-bond acceptors (Lipinski definition) is 8. The number of nitro groups is 1. The van der Waals surface area contributed by atoms with Gasteiger partial charge in [0.05, 0.1) is 38.9 Å². The van der Waals surface area contributed by atoms with Crippen LogP contribution in [0.1, 0.15) is 27.1 Å². The Bertz CT molecular complexity index is 929. The number of esters is 1. The van der Waals surface area contributed by atoms with Gasteiger partial charge in [0, 0.05) is 18.2 Å². The highest BCUT2D eigenvalue weighted by Crippen LogP contribution is 2.35. The Morgan fingerprint density at radius 3 is 2.47 bits per heavy atom. The molecule has 0 radical (unpaired) electrons. The minimum atomic E-state index is -0.861. The second-order valence-corrected chi connectivity index (χ2v) is 5.96. The molecule has 0 aromatic heterocycles. The van der Waals surface area contributed by atoms with E-state index in [9.17, 15) is 19.7 Å². The van der Waals surface area contributed by atoms with E-state index in [2.05, 4.69) is 10.1 Å². The number of nitro benzene ring substituents is 1. The van der Waals surface area contributed by atoms with Gasteiger partial charge >= 0.3 is 5.97 Å². The summed E-state index contributed by atoms with van der Waals surface area (Å²) in [6.45, 7) is 0.502. The molecule has 2 rings (SSSR count). The van der Waals surface area contributed by atoms with E-state index in [1.165, 1.54) is 20.3 Å². The summed E-state index contributed by atoms with van der Waals surface area (Å²) in [5.41, 5.74) is -0.226. The maximum absolute atomic E-state index is 12.2. The van der Waals surface area contributed by atoms with Gasteiger partial charge in [-0.25, -0.2) is 4.79 Å². The fourth-order valence-corrected chi connectivity index (χ4v) is 2.57. The minimum absolute atomic E-state index is 0.106. The molecular formula is C20H22N2O8. The summed E-state index contributed by atoms with van der Waals surface area (Å²) >= 11 is 0. The van der Waals surface area contributed by atoms with Gasteiger partial charge in [-0.1, -0.05) is 6.07 Å². The summed E-state index contributed by atoms with van der Waals surface area (Å²) in [4.78, 5) is 34.5. The van der Waals surface area contributed by atoms with Gasteiger partial charge in [-0.15, -0.1) is 0 Å². The molecule has 2 aromatic rings. The number of benzene rings is 2. The fourth-order valence-electron chi connectivity index (χ4n) is 2.57. The molecule has 0 atom stereocenters. The molecule has 30 heavy (non-hydrogen) atoms. The number of amides is 1. The fraction of sp³-hybridized carbons (Fsp3) is 0.300. The highest BCUT2D eigenvalue weighted by Gasteiger charge is 2.25. The lowest BCUT2D eigenvalue weighted by atomic mass is 10.1. The quantitative estimate of drug-likeness (QED) is 0.270. The standard InChI is InChI=1S/C20H22N2O8/c1-27-14-7-4-6-13(10-14)19(23)21-8-5-9-30-18-11-15(20(24)29-3)16(22(25)26)12-17(18)28-2/h4,6-7,10-12H,5,8-9H2,1-3H3,(H,21,23). The van der Waals surface area contributed by atoms with E-state index in [0.717, 1.165) is 13.2 Å². The molecule has 0 saturated carbocycles. The third-order valence-electron chi connectivity index (χ3n) is 4.08. The maximum atomic E-state index is 12.2. The number of nitrogens with zero attached hydrogens (tertiary/aromatic N) is 1. The van der Waals surface area contributed by atoms with Crippen molar-refractivity contribution in [1.82, 2.24) is 5.32 Å². The molecular weight excluding hydrogens is 396 g/mol. The van der Waals surface area contributed by atoms with Crippen LogP contribution in [0, 0.1) is 10.1 Å². The molecule has 0 aliphatic carbocycles. The number of nitrogens with one attached hydrogen (secondary N) is 1. The Balaban J connectivity index is 1.97. The summed E-state index contributed by atoms with van der Waals surface area (Å²) in [7, 11) is 3.98. The minimum Gasteiger partial charge on any atom is -0.497 e. The highest BCUT2D eigenvalue weighted by atomic mass is 16.6. The van der Waals surface area contributed by atoms with Gasteiger partial charge in [-0.05, 0) is 24.6 Å². The normalized spacial score (nSPS) is 10.1. The second-order valence-electron chi connectivity index (χ2n) is 5.96. The Hall–Kier alpha value is -3.82. The van der Waals surface area contributed by atoms with Crippen molar-refractivity contribution in [2.45, 2.75) is 6.42 Å². The first-order valence-electron chi connectivity index (χ1n) is 8.91. The first-order valence-corrected chi connectivity index (χ1v) is 8.91. The molecule has 0 spiro atoms. The van der Waals surface area contributed by atoms with Crippen molar-refractivity contribution in [3.63, 3.8) is 0 Å². The van der Waals surface area contributed by atoms with Crippen LogP contribution in [0.5, 0.6) is 17.2 Å². The maximum Gasteiger partial charge on any atom is 0.345 e. The van der Waals surface area contributed by atoms with E-state index in [4.69, 9.17) is 14.2 Å². The van der Waals surface area contributed by atoms with Crippen LogP contribution in [0.25, 0.3) is 0 Å². The number of hydrogen-bond donors (Lipinski definition) is 1. The van der Waals surface area contributed by atoms with Crippen LogP contribution in [0.3, 0.4) is 0 Å². The van der Waals surface area contributed by atoms with Crippen molar-refractivity contribution in [3.8, 4) is 17.2 Å². The zero-order valence-corrected chi connectivity index (χ0v) is 16.8. The summed E-state index contributed by atoms with van der Waals surface area (Å²) in [5.74, 6) is -0.274. The number of ether oxygens (including phenoxy) is 4. The van der Waals surface area contributed by atoms with Crippen LogP contribution < -0.4 is 19.5 Å². The van der Waals surface area contributed by atoms with Crippen molar-refractivity contribution in [3.05, 3.63) is 57.6 Å². The first-order chi connectivity index (χ1) is 14.4. The number of carbonyl (C=O) groups excluding carboxylic acids is 2. The molecule has 10 nitrogen and oxygen atoms in total. The molecule has 0 aliphatic heterocycles. The molecule has 0 fully saturated rings. The van der Waals surface area contributed by atoms with E-state index in [1.54, 1.807) is 24.3 Å². The van der Waals surface area contributed by atoms with E-state index < -0.39 is 16.6 Å². The molecule has 1 amide bonds. The van der Waals surface area contributed by atoms with Gasteiger partial charge in [-0.2, -0.15) is 0 Å². The van der Waals surface area contributed by atoms with Crippen molar-refractivity contribution in [1.29, 1.82) is 0 Å². The second kappa shape index (κ2) is 10.6.